The number of nitrogens with zero attached hydrogens (tertiary/aromatic N) is 4. The highest BCUT2D eigenvalue weighted by Gasteiger charge is 2.15. The second kappa shape index (κ2) is 12.0. The van der Waals surface area contributed by atoms with Crippen molar-refractivity contribution in [2.75, 3.05) is 26.2 Å². The van der Waals surface area contributed by atoms with Gasteiger partial charge in [-0.2, -0.15) is 5.10 Å². The third-order valence-electron chi connectivity index (χ3n) is 5.81. The summed E-state index contributed by atoms with van der Waals surface area (Å²) in [6, 6.07) is 8.14. The van der Waals surface area contributed by atoms with E-state index in [0.717, 1.165) is 51.5 Å². The van der Waals surface area contributed by atoms with Gasteiger partial charge in [0, 0.05) is 5.56 Å². The Morgan fingerprint density at radius 3 is 2.53 bits per heavy atom. The molecule has 1 saturated heterocycles. The maximum absolute atomic E-state index is 5.94. The number of aryl methyl sites for hydroxylation is 1. The van der Waals surface area contributed by atoms with Crippen molar-refractivity contribution in [2.24, 2.45) is 27.6 Å². The lowest BCUT2D eigenvalue weighted by Crippen LogP contribution is -2.33. The highest BCUT2D eigenvalue weighted by atomic mass is 32.1. The van der Waals surface area contributed by atoms with Gasteiger partial charge in [-0.25, -0.2) is 4.98 Å². The van der Waals surface area contributed by atoms with Crippen LogP contribution in [0, 0.1) is 12.8 Å². The largest absolute Gasteiger partial charge is 0.494 e. The summed E-state index contributed by atoms with van der Waals surface area (Å²) in [5, 5.41) is 8.73. The molecular formula is C24H36N6OS. The minimum atomic E-state index is -0.0565. The summed E-state index contributed by atoms with van der Waals surface area (Å²) in [7, 11) is 0. The van der Waals surface area contributed by atoms with Crippen LogP contribution in [0.5, 0.6) is 5.75 Å². The van der Waals surface area contributed by atoms with Gasteiger partial charge in [-0.15, -0.1) is 16.4 Å². The Balaban J connectivity index is 1.43. The summed E-state index contributed by atoms with van der Waals surface area (Å²) in [5.41, 5.74) is 13.4. The third kappa shape index (κ3) is 7.31. The smallest absolute Gasteiger partial charge is 0.211 e. The highest BCUT2D eigenvalue weighted by molar-refractivity contribution is 7.17. The van der Waals surface area contributed by atoms with Crippen molar-refractivity contribution in [3.63, 3.8) is 0 Å². The fourth-order valence-electron chi connectivity index (χ4n) is 3.82. The molecule has 32 heavy (non-hydrogen) atoms. The predicted molar refractivity (Wildman–Crippen MR) is 134 cm³/mol. The number of hydrogen-bond acceptors (Lipinski definition) is 6. The van der Waals surface area contributed by atoms with E-state index in [1.165, 1.54) is 45.3 Å². The maximum Gasteiger partial charge on any atom is 0.211 e. The lowest BCUT2D eigenvalue weighted by molar-refractivity contribution is 0.187. The standard InChI is InChI=1S/C24H36N6OS/c1-17-11-14-30(15-12-17)13-5-4-6-16-31-21-9-7-20(8-10-21)23-27-18(2)22(32-23)19(3)28-29-24(25)26/h7-10,17H,4-6,11-16H2,1-3H3,(H4,25,26,29)/b28-19+. The van der Waals surface area contributed by atoms with Crippen LogP contribution in [0.2, 0.25) is 0 Å². The van der Waals surface area contributed by atoms with E-state index in [1.807, 2.05) is 26.0 Å². The summed E-state index contributed by atoms with van der Waals surface area (Å²) in [4.78, 5) is 8.27. The molecule has 174 valence electrons. The van der Waals surface area contributed by atoms with Crippen molar-refractivity contribution in [3.8, 4) is 16.3 Å². The maximum atomic E-state index is 5.94. The van der Waals surface area contributed by atoms with Crippen molar-refractivity contribution < 1.29 is 4.74 Å². The summed E-state index contributed by atoms with van der Waals surface area (Å²) in [5.74, 6) is 1.75. The molecule has 0 unspecified atom stereocenters. The number of aromatic nitrogens is 1. The van der Waals surface area contributed by atoms with E-state index in [4.69, 9.17) is 16.2 Å². The van der Waals surface area contributed by atoms with E-state index >= 15 is 0 Å². The van der Waals surface area contributed by atoms with Gasteiger partial charge in [-0.1, -0.05) is 6.92 Å². The fraction of sp³-hybridized carbons (Fsp3) is 0.542. The van der Waals surface area contributed by atoms with Crippen LogP contribution < -0.4 is 16.2 Å². The SMILES string of the molecule is C/C(=N\N=C(N)N)c1sc(-c2ccc(OCCCCCN3CCC(C)CC3)cc2)nc1C. The zero-order valence-electron chi connectivity index (χ0n) is 19.5. The molecule has 0 saturated carbocycles. The first-order valence-corrected chi connectivity index (χ1v) is 12.3. The van der Waals surface area contributed by atoms with Crippen LogP contribution in [0.15, 0.2) is 34.5 Å². The molecule has 1 aromatic heterocycles. The lowest BCUT2D eigenvalue weighted by atomic mass is 9.99. The Bertz CT molecular complexity index is 909. The summed E-state index contributed by atoms with van der Waals surface area (Å²) >= 11 is 1.58. The molecule has 1 aromatic carbocycles. The van der Waals surface area contributed by atoms with E-state index in [9.17, 15) is 0 Å². The minimum Gasteiger partial charge on any atom is -0.494 e. The predicted octanol–water partition coefficient (Wildman–Crippen LogP) is 4.40. The molecule has 0 amide bonds. The van der Waals surface area contributed by atoms with Crippen molar-refractivity contribution in [1.82, 2.24) is 9.88 Å². The molecule has 7 nitrogen and oxygen atoms in total. The number of piperidine rings is 1. The van der Waals surface area contributed by atoms with Gasteiger partial charge in [0.25, 0.3) is 0 Å². The van der Waals surface area contributed by atoms with E-state index in [2.05, 4.69) is 39.1 Å². The third-order valence-corrected chi connectivity index (χ3v) is 7.12. The van der Waals surface area contributed by atoms with Crippen molar-refractivity contribution in [3.05, 3.63) is 34.8 Å². The molecule has 2 aromatic rings. The Kier molecular flexibility index (Phi) is 9.05. The van der Waals surface area contributed by atoms with Crippen LogP contribution in [0.1, 0.15) is 56.5 Å². The van der Waals surface area contributed by atoms with Crippen molar-refractivity contribution >= 4 is 23.0 Å². The number of ether oxygens (including phenoxy) is 1. The van der Waals surface area contributed by atoms with Gasteiger partial charge in [0.15, 0.2) is 0 Å². The second-order valence-corrected chi connectivity index (χ2v) is 9.60. The number of guanidine groups is 1. The lowest BCUT2D eigenvalue weighted by Gasteiger charge is -2.30. The monoisotopic (exact) mass is 456 g/mol. The highest BCUT2D eigenvalue weighted by Crippen LogP contribution is 2.29. The van der Waals surface area contributed by atoms with E-state index in [1.54, 1.807) is 11.3 Å². The number of thiazole rings is 1. The van der Waals surface area contributed by atoms with Gasteiger partial charge in [0.2, 0.25) is 5.96 Å². The first-order chi connectivity index (χ1) is 15.4. The Hall–Kier alpha value is -2.45. The molecule has 4 N–H and O–H groups in total. The van der Waals surface area contributed by atoms with E-state index in [-0.39, 0.29) is 5.96 Å². The fourth-order valence-corrected chi connectivity index (χ4v) is 4.83. The molecule has 1 aliphatic rings. The number of hydrogen-bond donors (Lipinski definition) is 2. The van der Waals surface area contributed by atoms with Gasteiger partial charge < -0.3 is 21.1 Å². The molecule has 0 aliphatic carbocycles. The van der Waals surface area contributed by atoms with Crippen molar-refractivity contribution in [1.29, 1.82) is 0 Å². The number of benzene rings is 1. The summed E-state index contributed by atoms with van der Waals surface area (Å²) in [6.45, 7) is 10.7. The van der Waals surface area contributed by atoms with Crippen LogP contribution in [0.4, 0.5) is 0 Å². The summed E-state index contributed by atoms with van der Waals surface area (Å²) in [6.07, 6.45) is 6.27. The van der Waals surface area contributed by atoms with Gasteiger partial charge in [0.05, 0.1) is 22.9 Å². The van der Waals surface area contributed by atoms with Gasteiger partial charge >= 0.3 is 0 Å². The Morgan fingerprint density at radius 1 is 1.12 bits per heavy atom. The van der Waals surface area contributed by atoms with Crippen molar-refractivity contribution in [2.45, 2.75) is 52.9 Å². The molecule has 3 rings (SSSR count). The van der Waals surface area contributed by atoms with Crippen LogP contribution in [-0.4, -0.2) is 47.8 Å². The molecule has 0 bridgehead atoms. The van der Waals surface area contributed by atoms with Gasteiger partial charge in [-0.3, -0.25) is 0 Å². The second-order valence-electron chi connectivity index (χ2n) is 8.60. The molecule has 0 spiro atoms. The Labute approximate surface area is 195 Å². The zero-order chi connectivity index (χ0) is 22.9. The number of likely N-dealkylation sites (tertiary alicyclic amines) is 1. The molecular weight excluding hydrogens is 420 g/mol. The first kappa shape index (κ1) is 24.2. The number of rotatable bonds is 10. The van der Waals surface area contributed by atoms with Gasteiger partial charge in [0.1, 0.15) is 10.8 Å². The zero-order valence-corrected chi connectivity index (χ0v) is 20.3. The van der Waals surface area contributed by atoms with E-state index < -0.39 is 0 Å². The van der Waals surface area contributed by atoms with Crippen LogP contribution >= 0.6 is 11.3 Å². The topological polar surface area (TPSA) is 102 Å². The quantitative estimate of drug-likeness (QED) is 0.239. The summed E-state index contributed by atoms with van der Waals surface area (Å²) < 4.78 is 5.94. The molecule has 8 heteroatoms. The normalized spacial score (nSPS) is 15.7. The minimum absolute atomic E-state index is 0.0565. The average Bonchev–Trinajstić information content (AvgIpc) is 3.17. The molecule has 0 atom stereocenters. The van der Waals surface area contributed by atoms with Crippen LogP contribution in [-0.2, 0) is 0 Å². The van der Waals surface area contributed by atoms with E-state index in [0.29, 0.717) is 0 Å². The number of unbranched alkanes of at least 4 members (excludes halogenated alkanes) is 2. The molecule has 0 radical (unpaired) electrons. The number of nitrogens with two attached hydrogens (primary N) is 2. The molecule has 1 fully saturated rings. The van der Waals surface area contributed by atoms with Gasteiger partial charge in [-0.05, 0) is 95.8 Å². The average molecular weight is 457 g/mol. The first-order valence-electron chi connectivity index (χ1n) is 11.5. The molecule has 1 aliphatic heterocycles. The molecule has 2 heterocycles. The Morgan fingerprint density at radius 2 is 1.84 bits per heavy atom. The van der Waals surface area contributed by atoms with Crippen LogP contribution in [0.25, 0.3) is 10.6 Å². The van der Waals surface area contributed by atoms with Crippen LogP contribution in [0.3, 0.4) is 0 Å².